The van der Waals surface area contributed by atoms with Gasteiger partial charge >= 0.3 is 0 Å². The summed E-state index contributed by atoms with van der Waals surface area (Å²) in [7, 11) is 0. The lowest BCUT2D eigenvalue weighted by Crippen LogP contribution is -2.22. The van der Waals surface area contributed by atoms with Crippen molar-refractivity contribution in [3.8, 4) is 0 Å². The van der Waals surface area contributed by atoms with E-state index in [0.29, 0.717) is 23.6 Å². The van der Waals surface area contributed by atoms with Crippen LogP contribution in [0.15, 0.2) is 88.8 Å². The molecule has 0 bridgehead atoms. The van der Waals surface area contributed by atoms with Gasteiger partial charge in [0, 0.05) is 19.0 Å². The van der Waals surface area contributed by atoms with E-state index in [1.54, 1.807) is 16.8 Å². The number of benzene rings is 2. The van der Waals surface area contributed by atoms with Gasteiger partial charge in [-0.2, -0.15) is 0 Å². The number of hydrogen-bond donors (Lipinski definition) is 1. The van der Waals surface area contributed by atoms with E-state index < -0.39 is 0 Å². The molecule has 0 radical (unpaired) electrons. The van der Waals surface area contributed by atoms with Crippen LogP contribution in [0.2, 0.25) is 0 Å². The first-order valence-electron chi connectivity index (χ1n) is 9.11. The number of pyridine rings is 1. The Bertz CT molecular complexity index is 1180. The fourth-order valence-corrected chi connectivity index (χ4v) is 2.94. The highest BCUT2D eigenvalue weighted by Gasteiger charge is 2.11. The topological polar surface area (TPSA) is 58.8 Å². The number of hydrogen-bond acceptors (Lipinski definition) is 4. The molecular weight excluding hydrogens is 348 g/mol. The average Bonchev–Trinajstić information content (AvgIpc) is 2.74. The monoisotopic (exact) mass is 368 g/mol. The van der Waals surface area contributed by atoms with Crippen molar-refractivity contribution in [3.05, 3.63) is 106 Å². The molecule has 2 aromatic carbocycles. The Kier molecular flexibility index (Phi) is 4.97. The van der Waals surface area contributed by atoms with E-state index in [1.165, 1.54) is 0 Å². The number of aliphatic imine (C=N–C) groups is 1. The smallest absolute Gasteiger partial charge is 0.268 e. The van der Waals surface area contributed by atoms with Gasteiger partial charge in [0.1, 0.15) is 17.0 Å². The second kappa shape index (κ2) is 7.88. The zero-order chi connectivity index (χ0) is 19.3. The molecule has 0 amide bonds. The largest absolute Gasteiger partial charge is 0.365 e. The van der Waals surface area contributed by atoms with Gasteiger partial charge in [0.25, 0.3) is 5.56 Å². The van der Waals surface area contributed by atoms with Gasteiger partial charge in [-0.3, -0.25) is 14.2 Å². The van der Waals surface area contributed by atoms with Crippen LogP contribution in [-0.4, -0.2) is 15.6 Å². The number of anilines is 1. The van der Waals surface area contributed by atoms with Gasteiger partial charge < -0.3 is 5.32 Å². The molecule has 0 saturated heterocycles. The minimum absolute atomic E-state index is 0.149. The molecule has 0 unspecified atom stereocenters. The normalized spacial score (nSPS) is 11.2. The van der Waals surface area contributed by atoms with Crippen LogP contribution in [0.4, 0.5) is 11.5 Å². The van der Waals surface area contributed by atoms with Crippen LogP contribution in [0.25, 0.3) is 5.65 Å². The van der Waals surface area contributed by atoms with E-state index >= 15 is 0 Å². The van der Waals surface area contributed by atoms with Gasteiger partial charge in [0.2, 0.25) is 0 Å². The molecule has 1 N–H and O–H groups in total. The minimum atomic E-state index is -0.149. The summed E-state index contributed by atoms with van der Waals surface area (Å²) in [6, 6.07) is 23.3. The molecule has 4 aromatic rings. The molecule has 0 aliphatic carbocycles. The van der Waals surface area contributed by atoms with Crippen molar-refractivity contribution in [2.24, 2.45) is 4.99 Å². The number of nitrogens with one attached hydrogen (secondary N) is 1. The van der Waals surface area contributed by atoms with Crippen molar-refractivity contribution < 1.29 is 0 Å². The van der Waals surface area contributed by atoms with E-state index in [4.69, 9.17) is 0 Å². The van der Waals surface area contributed by atoms with Crippen LogP contribution in [0, 0.1) is 6.92 Å². The average molecular weight is 368 g/mol. The summed E-state index contributed by atoms with van der Waals surface area (Å²) in [6.07, 6.45) is 3.39. The van der Waals surface area contributed by atoms with Crippen LogP contribution >= 0.6 is 0 Å². The Morgan fingerprint density at radius 1 is 1.00 bits per heavy atom. The molecule has 138 valence electrons. The maximum Gasteiger partial charge on any atom is 0.268 e. The van der Waals surface area contributed by atoms with E-state index in [1.807, 2.05) is 79.7 Å². The van der Waals surface area contributed by atoms with Crippen molar-refractivity contribution in [2.45, 2.75) is 13.5 Å². The van der Waals surface area contributed by atoms with Crippen molar-refractivity contribution >= 4 is 23.4 Å². The van der Waals surface area contributed by atoms with Gasteiger partial charge in [-0.05, 0) is 36.2 Å². The van der Waals surface area contributed by atoms with Crippen LogP contribution in [0.5, 0.6) is 0 Å². The summed E-state index contributed by atoms with van der Waals surface area (Å²) < 4.78 is 1.56. The summed E-state index contributed by atoms with van der Waals surface area (Å²) in [5.41, 5.74) is 3.77. The highest BCUT2D eigenvalue weighted by atomic mass is 16.1. The zero-order valence-corrected chi connectivity index (χ0v) is 15.5. The third kappa shape index (κ3) is 3.83. The molecule has 0 aliphatic rings. The molecule has 2 aromatic heterocycles. The standard InChI is InChI=1S/C23H20N4O/c1-17-12-13-21-26-22(25-14-18-8-4-2-5-9-18)20(23(28)27(21)16-17)15-24-19-10-6-3-7-11-19/h2-13,15-16,25H,14H2,1H3. The summed E-state index contributed by atoms with van der Waals surface area (Å²) >= 11 is 0. The van der Waals surface area contributed by atoms with E-state index in [2.05, 4.69) is 15.3 Å². The molecule has 2 heterocycles. The van der Waals surface area contributed by atoms with Crippen LogP contribution in [0.3, 0.4) is 0 Å². The fourth-order valence-electron chi connectivity index (χ4n) is 2.94. The molecule has 5 nitrogen and oxygen atoms in total. The molecule has 5 heteroatoms. The SMILES string of the molecule is Cc1ccc2nc(NCc3ccccc3)c(C=Nc3ccccc3)c(=O)n2c1. The molecule has 0 atom stereocenters. The number of nitrogens with zero attached hydrogens (tertiary/aromatic N) is 3. The number of rotatable bonds is 5. The Labute approximate surface area is 163 Å². The summed E-state index contributed by atoms with van der Waals surface area (Å²) in [5.74, 6) is 0.525. The maximum atomic E-state index is 13.1. The highest BCUT2D eigenvalue weighted by Crippen LogP contribution is 2.14. The van der Waals surface area contributed by atoms with Crippen LogP contribution < -0.4 is 10.9 Å². The van der Waals surface area contributed by atoms with E-state index in [9.17, 15) is 4.79 Å². The molecule has 28 heavy (non-hydrogen) atoms. The first-order valence-corrected chi connectivity index (χ1v) is 9.11. The minimum Gasteiger partial charge on any atom is -0.365 e. The first kappa shape index (κ1) is 17.7. The molecular formula is C23H20N4O. The summed E-state index contributed by atoms with van der Waals surface area (Å²) in [6.45, 7) is 2.52. The number of fused-ring (bicyclic) bond motifs is 1. The lowest BCUT2D eigenvalue weighted by Gasteiger charge is -2.11. The van der Waals surface area contributed by atoms with Crippen molar-refractivity contribution in [1.82, 2.24) is 9.38 Å². The quantitative estimate of drug-likeness (QED) is 0.532. The second-order valence-electron chi connectivity index (χ2n) is 6.55. The van der Waals surface area contributed by atoms with Gasteiger partial charge in [-0.25, -0.2) is 4.98 Å². The van der Waals surface area contributed by atoms with Crippen LogP contribution in [-0.2, 0) is 6.54 Å². The third-order valence-electron chi connectivity index (χ3n) is 4.41. The number of aryl methyl sites for hydroxylation is 1. The Morgan fingerprint density at radius 2 is 1.71 bits per heavy atom. The number of para-hydroxylation sites is 1. The highest BCUT2D eigenvalue weighted by molar-refractivity contribution is 5.88. The second-order valence-corrected chi connectivity index (χ2v) is 6.55. The third-order valence-corrected chi connectivity index (χ3v) is 4.41. The Morgan fingerprint density at radius 3 is 2.46 bits per heavy atom. The lowest BCUT2D eigenvalue weighted by atomic mass is 10.2. The van der Waals surface area contributed by atoms with E-state index in [0.717, 1.165) is 16.8 Å². The molecule has 0 aliphatic heterocycles. The predicted octanol–water partition coefficient (Wildman–Crippen LogP) is 4.37. The van der Waals surface area contributed by atoms with Crippen molar-refractivity contribution in [2.75, 3.05) is 5.32 Å². The maximum absolute atomic E-state index is 13.1. The van der Waals surface area contributed by atoms with Crippen molar-refractivity contribution in [1.29, 1.82) is 0 Å². The predicted molar refractivity (Wildman–Crippen MR) is 114 cm³/mol. The van der Waals surface area contributed by atoms with Crippen molar-refractivity contribution in [3.63, 3.8) is 0 Å². The molecule has 0 spiro atoms. The van der Waals surface area contributed by atoms with Gasteiger partial charge in [-0.1, -0.05) is 54.6 Å². The van der Waals surface area contributed by atoms with Gasteiger partial charge in [-0.15, -0.1) is 0 Å². The zero-order valence-electron chi connectivity index (χ0n) is 15.5. The lowest BCUT2D eigenvalue weighted by molar-refractivity contribution is 1.01. The van der Waals surface area contributed by atoms with Crippen LogP contribution in [0.1, 0.15) is 16.7 Å². The van der Waals surface area contributed by atoms with Gasteiger partial charge in [0.05, 0.1) is 5.69 Å². The number of aromatic nitrogens is 2. The molecule has 0 saturated carbocycles. The van der Waals surface area contributed by atoms with E-state index in [-0.39, 0.29) is 5.56 Å². The Hall–Kier alpha value is -3.73. The summed E-state index contributed by atoms with van der Waals surface area (Å²) in [4.78, 5) is 22.3. The fraction of sp³-hybridized carbons (Fsp3) is 0.0870. The summed E-state index contributed by atoms with van der Waals surface area (Å²) in [5, 5.41) is 3.30. The molecule has 0 fully saturated rings. The Balaban J connectivity index is 1.78. The first-order chi connectivity index (χ1) is 13.7. The van der Waals surface area contributed by atoms with Gasteiger partial charge in [0.15, 0.2) is 0 Å². The molecule has 4 rings (SSSR count).